The topological polar surface area (TPSA) is 135 Å². The predicted molar refractivity (Wildman–Crippen MR) is 94.7 cm³/mol. The van der Waals surface area contributed by atoms with E-state index >= 15 is 0 Å². The smallest absolute Gasteiger partial charge is 0.305 e. The lowest BCUT2D eigenvalue weighted by Gasteiger charge is -2.26. The number of halogens is 1. The monoisotopic (exact) mass is 393 g/mol. The van der Waals surface area contributed by atoms with Crippen LogP contribution in [0.1, 0.15) is 49.2 Å². The number of aromatic nitrogens is 1. The summed E-state index contributed by atoms with van der Waals surface area (Å²) < 4.78 is 12.7. The summed E-state index contributed by atoms with van der Waals surface area (Å²) in [4.78, 5) is 56.2. The lowest BCUT2D eigenvalue weighted by Crippen LogP contribution is -2.53. The molecule has 10 heteroatoms. The van der Waals surface area contributed by atoms with Crippen molar-refractivity contribution in [2.75, 3.05) is 6.67 Å². The lowest BCUT2D eigenvalue weighted by molar-refractivity contribution is -0.148. The van der Waals surface area contributed by atoms with E-state index in [1.165, 1.54) is 19.2 Å². The zero-order chi connectivity index (χ0) is 20.9. The molecule has 1 aromatic rings. The van der Waals surface area contributed by atoms with Crippen molar-refractivity contribution in [3.63, 3.8) is 0 Å². The van der Waals surface area contributed by atoms with E-state index in [0.29, 0.717) is 17.0 Å². The van der Waals surface area contributed by atoms with E-state index in [9.17, 15) is 23.6 Å². The van der Waals surface area contributed by atoms with Gasteiger partial charge in [-0.15, -0.1) is 0 Å². The zero-order valence-electron chi connectivity index (χ0n) is 15.4. The van der Waals surface area contributed by atoms with Gasteiger partial charge in [0.2, 0.25) is 5.60 Å². The molecule has 0 fully saturated rings. The zero-order valence-corrected chi connectivity index (χ0v) is 15.4. The van der Waals surface area contributed by atoms with Gasteiger partial charge in [0.15, 0.2) is 11.6 Å². The number of hydrogen-bond acceptors (Lipinski definition) is 7. The minimum Gasteiger partial charge on any atom is -0.481 e. The minimum absolute atomic E-state index is 0.00665. The van der Waals surface area contributed by atoms with Gasteiger partial charge in [0.05, 0.1) is 12.1 Å². The van der Waals surface area contributed by atoms with E-state index in [0.717, 1.165) is 0 Å². The highest BCUT2D eigenvalue weighted by Gasteiger charge is 2.46. The summed E-state index contributed by atoms with van der Waals surface area (Å²) in [5.74, 6) is -3.34. The van der Waals surface area contributed by atoms with Crippen LogP contribution in [0, 0.1) is 0 Å². The summed E-state index contributed by atoms with van der Waals surface area (Å²) in [6.45, 7) is 1.66. The maximum absolute atomic E-state index is 12.7. The Bertz CT molecular complexity index is 840. The van der Waals surface area contributed by atoms with E-state index in [2.05, 4.69) is 15.5 Å². The number of oxime groups is 1. The Morgan fingerprint density at radius 1 is 1.39 bits per heavy atom. The van der Waals surface area contributed by atoms with Gasteiger partial charge in [-0.2, -0.15) is 0 Å². The fourth-order valence-electron chi connectivity index (χ4n) is 2.70. The summed E-state index contributed by atoms with van der Waals surface area (Å²) in [5, 5.41) is 15.0. The first kappa shape index (κ1) is 21.1. The molecule has 150 valence electrons. The largest absolute Gasteiger partial charge is 0.481 e. The van der Waals surface area contributed by atoms with Crippen LogP contribution in [0.3, 0.4) is 0 Å². The molecule has 9 nitrogen and oxygen atoms in total. The Labute approximate surface area is 160 Å². The van der Waals surface area contributed by atoms with E-state index in [1.54, 1.807) is 13.0 Å². The molecule has 0 saturated carbocycles. The van der Waals surface area contributed by atoms with Crippen molar-refractivity contribution in [1.82, 2.24) is 10.3 Å². The Balaban J connectivity index is 2.19. The lowest BCUT2D eigenvalue weighted by atomic mass is 9.91. The maximum Gasteiger partial charge on any atom is 0.305 e. The van der Waals surface area contributed by atoms with Gasteiger partial charge in [-0.3, -0.25) is 24.2 Å². The van der Waals surface area contributed by atoms with Gasteiger partial charge in [0.25, 0.3) is 5.91 Å². The van der Waals surface area contributed by atoms with Crippen LogP contribution in [0.2, 0.25) is 0 Å². The molecule has 0 radical (unpaired) electrons. The number of nitrogens with one attached hydrogen (secondary N) is 1. The van der Waals surface area contributed by atoms with Crippen LogP contribution in [0.5, 0.6) is 0 Å². The molecular weight excluding hydrogens is 373 g/mol. The molecule has 0 aliphatic carbocycles. The Kier molecular flexibility index (Phi) is 6.55. The molecule has 2 heterocycles. The van der Waals surface area contributed by atoms with Crippen LogP contribution in [0.4, 0.5) is 4.39 Å². The van der Waals surface area contributed by atoms with Crippen molar-refractivity contribution >= 4 is 29.2 Å². The number of amides is 1. The third kappa shape index (κ3) is 4.56. The normalized spacial score (nSPS) is 19.3. The quantitative estimate of drug-likeness (QED) is 0.599. The number of ketones is 2. The molecule has 2 N–H and O–H groups in total. The molecule has 0 spiro atoms. The van der Waals surface area contributed by atoms with Crippen LogP contribution >= 0.6 is 0 Å². The van der Waals surface area contributed by atoms with Gasteiger partial charge in [-0.05, 0) is 25.5 Å². The number of nitrogens with zero attached hydrogens (tertiary/aromatic N) is 2. The van der Waals surface area contributed by atoms with Crippen LogP contribution in [0.15, 0.2) is 23.5 Å². The number of alkyl halides is 1. The molecule has 1 aliphatic heterocycles. The molecule has 2 unspecified atom stereocenters. The number of pyridine rings is 1. The Morgan fingerprint density at radius 3 is 2.68 bits per heavy atom. The summed E-state index contributed by atoms with van der Waals surface area (Å²) >= 11 is 0. The van der Waals surface area contributed by atoms with Gasteiger partial charge in [-0.25, -0.2) is 4.39 Å². The van der Waals surface area contributed by atoms with Crippen molar-refractivity contribution in [1.29, 1.82) is 0 Å². The van der Waals surface area contributed by atoms with Crippen LogP contribution in [0.25, 0.3) is 0 Å². The summed E-state index contributed by atoms with van der Waals surface area (Å²) in [6, 6.07) is 1.56. The number of aliphatic carboxylic acids is 1. The molecule has 1 aromatic heterocycles. The number of hydrogen-bond donors (Lipinski definition) is 2. The number of carbonyl (C=O) groups is 4. The second-order valence-electron chi connectivity index (χ2n) is 6.36. The van der Waals surface area contributed by atoms with Crippen LogP contribution in [-0.2, 0) is 19.2 Å². The third-order valence-corrected chi connectivity index (χ3v) is 4.44. The molecule has 28 heavy (non-hydrogen) atoms. The van der Waals surface area contributed by atoms with Crippen LogP contribution in [-0.4, -0.2) is 57.6 Å². The molecule has 2 atom stereocenters. The van der Waals surface area contributed by atoms with Gasteiger partial charge in [-0.1, -0.05) is 12.1 Å². The molecule has 1 amide bonds. The van der Waals surface area contributed by atoms with Crippen molar-refractivity contribution in [2.45, 2.75) is 44.8 Å². The number of carboxylic acids is 1. The Morgan fingerprint density at radius 2 is 2.11 bits per heavy atom. The summed E-state index contributed by atoms with van der Waals surface area (Å²) in [5.41, 5.74) is -0.387. The standard InChI is InChI=1S/C18H20FN3O6/c1-3-18(17(27)21-13(7-16(25)26)15(24)9-19)8-14(22-28-18)12-6-11(10(2)23)4-5-20-12/h4-6,13H,3,7-9H2,1-2H3,(H,21,27)(H,25,26). The van der Waals surface area contributed by atoms with Crippen molar-refractivity contribution in [3.05, 3.63) is 29.6 Å². The predicted octanol–water partition coefficient (Wildman–Crippen LogP) is 1.06. The van der Waals surface area contributed by atoms with E-state index in [4.69, 9.17) is 9.94 Å². The molecule has 0 aromatic carbocycles. The van der Waals surface area contributed by atoms with E-state index in [1.807, 2.05) is 0 Å². The van der Waals surface area contributed by atoms with Crippen molar-refractivity contribution in [2.24, 2.45) is 5.16 Å². The number of carbonyl (C=O) groups excluding carboxylic acids is 3. The van der Waals surface area contributed by atoms with Gasteiger partial charge in [0.1, 0.15) is 18.4 Å². The molecule has 0 bridgehead atoms. The third-order valence-electron chi connectivity index (χ3n) is 4.44. The fraction of sp³-hybridized carbons (Fsp3) is 0.444. The first-order valence-electron chi connectivity index (χ1n) is 8.56. The minimum atomic E-state index is -1.51. The van der Waals surface area contributed by atoms with Crippen molar-refractivity contribution in [3.8, 4) is 0 Å². The second-order valence-corrected chi connectivity index (χ2v) is 6.36. The second kappa shape index (κ2) is 8.68. The highest BCUT2D eigenvalue weighted by molar-refractivity contribution is 6.06. The number of Topliss-reactive ketones (excluding diaryl/α,β-unsaturated/α-hetero) is 2. The van der Waals surface area contributed by atoms with Crippen molar-refractivity contribution < 1.29 is 33.5 Å². The summed E-state index contributed by atoms with van der Waals surface area (Å²) in [6.07, 6.45) is 0.836. The molecule has 2 rings (SSSR count). The maximum atomic E-state index is 12.7. The molecule has 1 aliphatic rings. The van der Waals surface area contributed by atoms with Gasteiger partial charge < -0.3 is 15.3 Å². The fourth-order valence-corrected chi connectivity index (χ4v) is 2.70. The average Bonchev–Trinajstić information content (AvgIpc) is 3.12. The summed E-state index contributed by atoms with van der Waals surface area (Å²) in [7, 11) is 0. The average molecular weight is 393 g/mol. The number of carboxylic acid groups (broad SMARTS) is 1. The first-order chi connectivity index (χ1) is 13.2. The highest BCUT2D eigenvalue weighted by Crippen LogP contribution is 2.30. The Hall–Kier alpha value is -3.17. The van der Waals surface area contributed by atoms with E-state index < -0.39 is 42.4 Å². The van der Waals surface area contributed by atoms with Gasteiger partial charge in [0, 0.05) is 18.2 Å². The van der Waals surface area contributed by atoms with Crippen LogP contribution < -0.4 is 5.32 Å². The first-order valence-corrected chi connectivity index (χ1v) is 8.56. The highest BCUT2D eigenvalue weighted by atomic mass is 19.1. The SMILES string of the molecule is CCC1(C(=O)NC(CC(=O)O)C(=O)CF)CC(c2cc(C(C)=O)ccn2)=NO1. The molecular formula is C18H20FN3O6. The molecule has 0 saturated heterocycles. The number of rotatable bonds is 9. The van der Waals surface area contributed by atoms with E-state index in [-0.39, 0.29) is 18.6 Å². The van der Waals surface area contributed by atoms with Gasteiger partial charge >= 0.3 is 5.97 Å².